The molecule has 2 nitrogen and oxygen atoms in total. The molecule has 1 heterocycles. The molecule has 0 atom stereocenters. The van der Waals surface area contributed by atoms with Crippen LogP contribution in [0.5, 0.6) is 0 Å². The number of hydrogen-bond acceptors (Lipinski definition) is 2. The second-order valence-corrected chi connectivity index (χ2v) is 5.38. The lowest BCUT2D eigenvalue weighted by molar-refractivity contribution is -0.138. The molecule has 0 spiro atoms. The summed E-state index contributed by atoms with van der Waals surface area (Å²) in [6.45, 7) is 9.79. The van der Waals surface area contributed by atoms with Crippen molar-refractivity contribution in [2.24, 2.45) is 0 Å². The molecule has 0 aliphatic carbocycles. The number of nitrogens with zero attached hydrogens (tertiary/aromatic N) is 2. The fourth-order valence-electron chi connectivity index (χ4n) is 2.77. The highest BCUT2D eigenvalue weighted by Gasteiger charge is 2.34. The number of piperazine rings is 1. The highest BCUT2D eigenvalue weighted by Crippen LogP contribution is 2.37. The zero-order valence-electron chi connectivity index (χ0n) is 12.2. The SMILES string of the molecule is CCN1CCN(c2cc(C)cc(C(F)(F)F)c2C)CC1. The van der Waals surface area contributed by atoms with Crippen molar-refractivity contribution in [2.45, 2.75) is 26.9 Å². The lowest BCUT2D eigenvalue weighted by atomic mass is 10.0. The topological polar surface area (TPSA) is 6.48 Å². The first-order valence-electron chi connectivity index (χ1n) is 6.98. The predicted molar refractivity (Wildman–Crippen MR) is 75.2 cm³/mol. The molecular weight excluding hydrogens is 265 g/mol. The van der Waals surface area contributed by atoms with E-state index in [0.717, 1.165) is 38.4 Å². The number of likely N-dealkylation sites (N-methyl/N-ethyl adjacent to an activating group) is 1. The maximum Gasteiger partial charge on any atom is 0.416 e. The van der Waals surface area contributed by atoms with Crippen molar-refractivity contribution in [2.75, 3.05) is 37.6 Å². The number of anilines is 1. The monoisotopic (exact) mass is 286 g/mol. The van der Waals surface area contributed by atoms with Gasteiger partial charge in [0, 0.05) is 31.9 Å². The van der Waals surface area contributed by atoms with E-state index >= 15 is 0 Å². The Hall–Kier alpha value is -1.23. The molecule has 1 fully saturated rings. The van der Waals surface area contributed by atoms with Crippen LogP contribution < -0.4 is 4.90 Å². The Morgan fingerprint density at radius 1 is 1.05 bits per heavy atom. The van der Waals surface area contributed by atoms with Crippen molar-refractivity contribution >= 4 is 5.69 Å². The van der Waals surface area contributed by atoms with Gasteiger partial charge in [0.1, 0.15) is 0 Å². The maximum absolute atomic E-state index is 13.1. The van der Waals surface area contributed by atoms with Crippen LogP contribution in [0.2, 0.25) is 0 Å². The van der Waals surface area contributed by atoms with Crippen molar-refractivity contribution in [3.05, 3.63) is 28.8 Å². The summed E-state index contributed by atoms with van der Waals surface area (Å²) in [5.74, 6) is 0. The summed E-state index contributed by atoms with van der Waals surface area (Å²) < 4.78 is 39.2. The van der Waals surface area contributed by atoms with Gasteiger partial charge in [-0.1, -0.05) is 6.92 Å². The molecular formula is C15H21F3N2. The van der Waals surface area contributed by atoms with Gasteiger partial charge in [-0.05, 0) is 43.7 Å². The quantitative estimate of drug-likeness (QED) is 0.821. The number of benzene rings is 1. The molecule has 0 unspecified atom stereocenters. The van der Waals surface area contributed by atoms with Crippen LogP contribution in [0.3, 0.4) is 0 Å². The van der Waals surface area contributed by atoms with Crippen LogP contribution in [0.4, 0.5) is 18.9 Å². The fourth-order valence-corrected chi connectivity index (χ4v) is 2.77. The summed E-state index contributed by atoms with van der Waals surface area (Å²) in [6.07, 6.45) is -4.28. The number of hydrogen-bond donors (Lipinski definition) is 0. The molecule has 1 saturated heterocycles. The van der Waals surface area contributed by atoms with Gasteiger partial charge in [0.05, 0.1) is 5.56 Å². The molecule has 1 aliphatic heterocycles. The molecule has 112 valence electrons. The lowest BCUT2D eigenvalue weighted by Crippen LogP contribution is -2.46. The fraction of sp³-hybridized carbons (Fsp3) is 0.600. The van der Waals surface area contributed by atoms with E-state index in [2.05, 4.69) is 16.7 Å². The van der Waals surface area contributed by atoms with Crippen LogP contribution in [0.1, 0.15) is 23.6 Å². The Balaban J connectivity index is 2.31. The molecule has 0 aromatic heterocycles. The Kier molecular flexibility index (Phi) is 4.28. The smallest absolute Gasteiger partial charge is 0.369 e. The van der Waals surface area contributed by atoms with Crippen molar-refractivity contribution in [3.63, 3.8) is 0 Å². The molecule has 0 amide bonds. The predicted octanol–water partition coefficient (Wildman–Crippen LogP) is 3.46. The van der Waals surface area contributed by atoms with Crippen molar-refractivity contribution in [1.82, 2.24) is 4.90 Å². The van der Waals surface area contributed by atoms with Crippen LogP contribution in [-0.2, 0) is 6.18 Å². The molecule has 2 rings (SSSR count). The summed E-state index contributed by atoms with van der Waals surface area (Å²) >= 11 is 0. The van der Waals surface area contributed by atoms with E-state index in [1.807, 2.05) is 6.07 Å². The average molecular weight is 286 g/mol. The summed E-state index contributed by atoms with van der Waals surface area (Å²) in [7, 11) is 0. The van der Waals surface area contributed by atoms with Gasteiger partial charge >= 0.3 is 6.18 Å². The lowest BCUT2D eigenvalue weighted by Gasteiger charge is -2.37. The van der Waals surface area contributed by atoms with E-state index < -0.39 is 11.7 Å². The van der Waals surface area contributed by atoms with Gasteiger partial charge in [0.2, 0.25) is 0 Å². The first-order chi connectivity index (χ1) is 9.32. The highest BCUT2D eigenvalue weighted by atomic mass is 19.4. The maximum atomic E-state index is 13.1. The first-order valence-corrected chi connectivity index (χ1v) is 6.98. The standard InChI is InChI=1S/C15H21F3N2/c1-4-19-5-7-20(8-6-19)14-10-11(2)9-13(12(14)3)15(16,17)18/h9-10H,4-8H2,1-3H3. The van der Waals surface area contributed by atoms with Crippen LogP contribution in [0, 0.1) is 13.8 Å². The Morgan fingerprint density at radius 3 is 2.15 bits per heavy atom. The molecule has 0 bridgehead atoms. The summed E-state index contributed by atoms with van der Waals surface area (Å²) in [6, 6.07) is 3.10. The van der Waals surface area contributed by atoms with E-state index in [9.17, 15) is 13.2 Å². The largest absolute Gasteiger partial charge is 0.416 e. The minimum atomic E-state index is -4.28. The molecule has 1 aromatic carbocycles. The summed E-state index contributed by atoms with van der Waals surface area (Å²) in [5.41, 5.74) is 1.22. The highest BCUT2D eigenvalue weighted by molar-refractivity contribution is 5.59. The van der Waals surface area contributed by atoms with Gasteiger partial charge in [0.25, 0.3) is 0 Å². The van der Waals surface area contributed by atoms with Crippen molar-refractivity contribution in [1.29, 1.82) is 0 Å². The molecule has 20 heavy (non-hydrogen) atoms. The number of aryl methyl sites for hydroxylation is 1. The van der Waals surface area contributed by atoms with E-state index in [-0.39, 0.29) is 0 Å². The molecule has 0 saturated carbocycles. The molecule has 5 heteroatoms. The summed E-state index contributed by atoms with van der Waals surface area (Å²) in [5, 5.41) is 0. The Morgan fingerprint density at radius 2 is 1.65 bits per heavy atom. The third-order valence-corrected chi connectivity index (χ3v) is 3.99. The van der Waals surface area contributed by atoms with Gasteiger partial charge in [-0.3, -0.25) is 0 Å². The van der Waals surface area contributed by atoms with Crippen LogP contribution >= 0.6 is 0 Å². The minimum absolute atomic E-state index is 0.341. The van der Waals surface area contributed by atoms with Gasteiger partial charge < -0.3 is 9.80 Å². The van der Waals surface area contributed by atoms with Crippen molar-refractivity contribution in [3.8, 4) is 0 Å². The van der Waals surface area contributed by atoms with E-state index in [0.29, 0.717) is 11.1 Å². The molecule has 1 aromatic rings. The van der Waals surface area contributed by atoms with Gasteiger partial charge in [0.15, 0.2) is 0 Å². The summed E-state index contributed by atoms with van der Waals surface area (Å²) in [4.78, 5) is 4.38. The number of alkyl halides is 3. The zero-order valence-corrected chi connectivity index (χ0v) is 12.2. The van der Waals surface area contributed by atoms with Gasteiger partial charge in [-0.25, -0.2) is 0 Å². The molecule has 0 N–H and O–H groups in total. The van der Waals surface area contributed by atoms with Crippen LogP contribution in [0.25, 0.3) is 0 Å². The van der Waals surface area contributed by atoms with Gasteiger partial charge in [-0.15, -0.1) is 0 Å². The molecule has 0 radical (unpaired) electrons. The van der Waals surface area contributed by atoms with E-state index in [1.54, 1.807) is 13.8 Å². The van der Waals surface area contributed by atoms with E-state index in [4.69, 9.17) is 0 Å². The van der Waals surface area contributed by atoms with E-state index in [1.165, 1.54) is 6.07 Å². The first kappa shape index (κ1) is 15.2. The zero-order chi connectivity index (χ0) is 14.9. The molecule has 1 aliphatic rings. The van der Waals surface area contributed by atoms with Crippen molar-refractivity contribution < 1.29 is 13.2 Å². The third-order valence-electron chi connectivity index (χ3n) is 3.99. The average Bonchev–Trinajstić information content (AvgIpc) is 2.40. The normalized spacial score (nSPS) is 17.6. The number of halogens is 3. The Bertz CT molecular complexity index is 475. The Labute approximate surface area is 118 Å². The number of rotatable bonds is 2. The van der Waals surface area contributed by atoms with Crippen LogP contribution in [-0.4, -0.2) is 37.6 Å². The second kappa shape index (κ2) is 5.64. The van der Waals surface area contributed by atoms with Gasteiger partial charge in [-0.2, -0.15) is 13.2 Å². The second-order valence-electron chi connectivity index (χ2n) is 5.38. The minimum Gasteiger partial charge on any atom is -0.369 e. The van der Waals surface area contributed by atoms with Crippen LogP contribution in [0.15, 0.2) is 12.1 Å². The third kappa shape index (κ3) is 3.08.